The molecule has 0 radical (unpaired) electrons. The first-order valence-corrected chi connectivity index (χ1v) is 5.35. The van der Waals surface area contributed by atoms with E-state index in [2.05, 4.69) is 0 Å². The molecule has 0 aliphatic rings. The van der Waals surface area contributed by atoms with Crippen LogP contribution in [0.15, 0.2) is 24.3 Å². The van der Waals surface area contributed by atoms with Gasteiger partial charge in [0.05, 0.1) is 5.69 Å². The van der Waals surface area contributed by atoms with E-state index in [1.54, 1.807) is 18.2 Å². The molecular formula is C8H12N2O3S. The van der Waals surface area contributed by atoms with Crippen LogP contribution < -0.4 is 9.62 Å². The molecule has 14 heavy (non-hydrogen) atoms. The van der Waals surface area contributed by atoms with E-state index >= 15 is 0 Å². The van der Waals surface area contributed by atoms with Crippen LogP contribution in [0.25, 0.3) is 0 Å². The molecule has 0 aliphatic heterocycles. The Hall–Kier alpha value is -1.27. The van der Waals surface area contributed by atoms with Gasteiger partial charge in [-0.2, -0.15) is 8.42 Å². The molecule has 1 rings (SSSR count). The van der Waals surface area contributed by atoms with E-state index in [1.807, 2.05) is 29.8 Å². The van der Waals surface area contributed by atoms with Crippen LogP contribution in [0.3, 0.4) is 0 Å². The monoisotopic (exact) mass is 216 g/mol. The summed E-state index contributed by atoms with van der Waals surface area (Å²) in [6.07, 6.45) is 0. The van der Waals surface area contributed by atoms with Crippen molar-refractivity contribution in [3.8, 4) is 0 Å². The number of nitrogens with one attached hydrogen (secondary N) is 1. The van der Waals surface area contributed by atoms with E-state index in [0.29, 0.717) is 5.69 Å². The van der Waals surface area contributed by atoms with Crippen molar-refractivity contribution < 1.29 is 13.0 Å². The molecule has 1 aromatic rings. The fourth-order valence-electron chi connectivity index (χ4n) is 0.996. The minimum Gasteiger partial charge on any atom is -0.378 e. The van der Waals surface area contributed by atoms with Gasteiger partial charge >= 0.3 is 10.3 Å². The maximum atomic E-state index is 10.5. The quantitative estimate of drug-likeness (QED) is 0.738. The summed E-state index contributed by atoms with van der Waals surface area (Å²) in [4.78, 5) is 1.83. The number of benzene rings is 1. The maximum Gasteiger partial charge on any atom is 0.357 e. The molecule has 2 N–H and O–H groups in total. The van der Waals surface area contributed by atoms with Gasteiger partial charge in [-0.1, -0.05) is 6.07 Å². The van der Waals surface area contributed by atoms with Gasteiger partial charge in [0.15, 0.2) is 0 Å². The highest BCUT2D eigenvalue weighted by atomic mass is 32.2. The lowest BCUT2D eigenvalue weighted by Gasteiger charge is -2.13. The van der Waals surface area contributed by atoms with Crippen molar-refractivity contribution in [2.24, 2.45) is 0 Å². The highest BCUT2D eigenvalue weighted by Gasteiger charge is 2.04. The van der Waals surface area contributed by atoms with Crippen molar-refractivity contribution in [3.05, 3.63) is 24.3 Å². The molecule has 0 saturated carbocycles. The average molecular weight is 216 g/mol. The molecule has 0 spiro atoms. The van der Waals surface area contributed by atoms with Gasteiger partial charge in [-0.3, -0.25) is 9.27 Å². The number of anilines is 2. The van der Waals surface area contributed by atoms with Crippen molar-refractivity contribution >= 4 is 21.7 Å². The lowest BCUT2D eigenvalue weighted by atomic mass is 10.3. The molecule has 0 atom stereocenters. The van der Waals surface area contributed by atoms with Crippen LogP contribution in [0, 0.1) is 0 Å². The van der Waals surface area contributed by atoms with Crippen LogP contribution in [0.5, 0.6) is 0 Å². The van der Waals surface area contributed by atoms with Crippen LogP contribution in [-0.2, 0) is 10.3 Å². The molecule has 0 amide bonds. The average Bonchev–Trinajstić information content (AvgIpc) is 2.01. The molecule has 0 bridgehead atoms. The number of hydrogen-bond acceptors (Lipinski definition) is 3. The van der Waals surface area contributed by atoms with Crippen molar-refractivity contribution in [1.29, 1.82) is 0 Å². The van der Waals surface area contributed by atoms with Gasteiger partial charge in [0.1, 0.15) is 0 Å². The molecule has 0 saturated heterocycles. The van der Waals surface area contributed by atoms with Crippen molar-refractivity contribution in [1.82, 2.24) is 0 Å². The van der Waals surface area contributed by atoms with Crippen LogP contribution in [0.1, 0.15) is 0 Å². The van der Waals surface area contributed by atoms with Gasteiger partial charge in [0.2, 0.25) is 0 Å². The molecule has 0 fully saturated rings. The Kier molecular flexibility index (Phi) is 2.97. The third-order valence-electron chi connectivity index (χ3n) is 1.61. The first-order chi connectivity index (χ1) is 6.38. The zero-order valence-electron chi connectivity index (χ0n) is 7.93. The van der Waals surface area contributed by atoms with Crippen molar-refractivity contribution in [2.75, 3.05) is 23.7 Å². The summed E-state index contributed by atoms with van der Waals surface area (Å²) in [7, 11) is -0.508. The van der Waals surface area contributed by atoms with E-state index < -0.39 is 10.3 Å². The standard InChI is InChI=1S/C8H12N2O3S/c1-10(2)8-5-3-4-7(6-8)9-14(11,12)13/h3-6,9H,1-2H3,(H,11,12,13). The van der Waals surface area contributed by atoms with E-state index in [4.69, 9.17) is 4.55 Å². The third-order valence-corrected chi connectivity index (χ3v) is 2.10. The van der Waals surface area contributed by atoms with Crippen LogP contribution in [-0.4, -0.2) is 27.1 Å². The van der Waals surface area contributed by atoms with Gasteiger partial charge in [-0.25, -0.2) is 0 Å². The fourth-order valence-corrected chi connectivity index (χ4v) is 1.42. The number of nitrogens with zero attached hydrogens (tertiary/aromatic N) is 1. The van der Waals surface area contributed by atoms with Gasteiger partial charge < -0.3 is 4.90 Å². The molecule has 0 heterocycles. The van der Waals surface area contributed by atoms with Gasteiger partial charge in [0.25, 0.3) is 0 Å². The Morgan fingerprint density at radius 1 is 1.36 bits per heavy atom. The maximum absolute atomic E-state index is 10.5. The molecule has 1 aromatic carbocycles. The predicted molar refractivity (Wildman–Crippen MR) is 55.9 cm³/mol. The highest BCUT2D eigenvalue weighted by molar-refractivity contribution is 7.87. The summed E-state index contributed by atoms with van der Waals surface area (Å²) in [6.45, 7) is 0. The summed E-state index contributed by atoms with van der Waals surface area (Å²) in [5.74, 6) is 0. The SMILES string of the molecule is CN(C)c1cccc(NS(=O)(=O)O)c1. The van der Waals surface area contributed by atoms with E-state index in [1.165, 1.54) is 0 Å². The van der Waals surface area contributed by atoms with Crippen molar-refractivity contribution in [2.45, 2.75) is 0 Å². The van der Waals surface area contributed by atoms with Crippen LogP contribution >= 0.6 is 0 Å². The largest absolute Gasteiger partial charge is 0.378 e. The van der Waals surface area contributed by atoms with E-state index in [0.717, 1.165) is 5.69 Å². The zero-order valence-corrected chi connectivity index (χ0v) is 8.75. The Morgan fingerprint density at radius 3 is 2.50 bits per heavy atom. The lowest BCUT2D eigenvalue weighted by molar-refractivity contribution is 0.490. The molecule has 5 nitrogen and oxygen atoms in total. The number of rotatable bonds is 3. The molecule has 0 aromatic heterocycles. The van der Waals surface area contributed by atoms with Crippen LogP contribution in [0.4, 0.5) is 11.4 Å². The fraction of sp³-hybridized carbons (Fsp3) is 0.250. The summed E-state index contributed by atoms with van der Waals surface area (Å²) < 4.78 is 31.6. The molecule has 78 valence electrons. The zero-order chi connectivity index (χ0) is 10.8. The Morgan fingerprint density at radius 2 is 2.00 bits per heavy atom. The Balaban J connectivity index is 2.95. The predicted octanol–water partition coefficient (Wildman–Crippen LogP) is 0.967. The summed E-state index contributed by atoms with van der Waals surface area (Å²) in [5, 5.41) is 0. The smallest absolute Gasteiger partial charge is 0.357 e. The lowest BCUT2D eigenvalue weighted by Crippen LogP contribution is -2.12. The van der Waals surface area contributed by atoms with Crippen LogP contribution in [0.2, 0.25) is 0 Å². The first-order valence-electron chi connectivity index (χ1n) is 3.91. The third kappa shape index (κ3) is 3.23. The van der Waals surface area contributed by atoms with E-state index in [-0.39, 0.29) is 0 Å². The Bertz CT molecular complexity index is 414. The minimum absolute atomic E-state index is 0.332. The van der Waals surface area contributed by atoms with Gasteiger partial charge in [-0.15, -0.1) is 0 Å². The topological polar surface area (TPSA) is 69.6 Å². The second-order valence-electron chi connectivity index (χ2n) is 3.02. The first kappa shape index (κ1) is 10.8. The van der Waals surface area contributed by atoms with E-state index in [9.17, 15) is 8.42 Å². The second-order valence-corrected chi connectivity index (χ2v) is 4.18. The second kappa shape index (κ2) is 3.85. The summed E-state index contributed by atoms with van der Waals surface area (Å²) in [6, 6.07) is 6.70. The van der Waals surface area contributed by atoms with Gasteiger partial charge in [-0.05, 0) is 18.2 Å². The highest BCUT2D eigenvalue weighted by Crippen LogP contribution is 2.17. The summed E-state index contributed by atoms with van der Waals surface area (Å²) in [5.41, 5.74) is 1.18. The van der Waals surface area contributed by atoms with Gasteiger partial charge in [0, 0.05) is 19.8 Å². The Labute approximate surface area is 83.2 Å². The molecular weight excluding hydrogens is 204 g/mol. The number of hydrogen-bond donors (Lipinski definition) is 2. The summed E-state index contributed by atoms with van der Waals surface area (Å²) >= 11 is 0. The molecule has 6 heteroatoms. The molecule has 0 unspecified atom stereocenters. The van der Waals surface area contributed by atoms with Crippen molar-refractivity contribution in [3.63, 3.8) is 0 Å². The minimum atomic E-state index is -4.19. The normalized spacial score (nSPS) is 11.1. The molecule has 0 aliphatic carbocycles.